The summed E-state index contributed by atoms with van der Waals surface area (Å²) in [6.07, 6.45) is 6.33. The minimum absolute atomic E-state index is 0.159. The molecule has 3 nitrogen and oxygen atoms in total. The second-order valence-electron chi connectivity index (χ2n) is 9.34. The summed E-state index contributed by atoms with van der Waals surface area (Å²) in [4.78, 5) is 0. The van der Waals surface area contributed by atoms with Crippen LogP contribution in [0.15, 0.2) is 16.5 Å². The predicted molar refractivity (Wildman–Crippen MR) is 105 cm³/mol. The molecule has 0 spiro atoms. The van der Waals surface area contributed by atoms with Crippen LogP contribution in [-0.4, -0.2) is 14.2 Å². The van der Waals surface area contributed by atoms with E-state index in [1.54, 1.807) is 14.2 Å². The van der Waals surface area contributed by atoms with Crippen LogP contribution in [0.2, 0.25) is 0 Å². The Hall–Kier alpha value is -1.64. The van der Waals surface area contributed by atoms with Crippen molar-refractivity contribution in [3.05, 3.63) is 23.5 Å². The van der Waals surface area contributed by atoms with Crippen LogP contribution in [0.25, 0.3) is 11.0 Å². The minimum atomic E-state index is 0.159. The van der Waals surface area contributed by atoms with Gasteiger partial charge >= 0.3 is 0 Å². The smallest absolute Gasteiger partial charge is 0.164 e. The second kappa shape index (κ2) is 5.94. The largest absolute Gasteiger partial charge is 0.493 e. The van der Waals surface area contributed by atoms with Gasteiger partial charge in [0.05, 0.1) is 14.2 Å². The quantitative estimate of drug-likeness (QED) is 0.621. The molecule has 0 N–H and O–H groups in total. The number of hydrogen-bond donors (Lipinski definition) is 0. The third kappa shape index (κ3) is 2.39. The summed E-state index contributed by atoms with van der Waals surface area (Å²) in [5.74, 6) is 3.85. The third-order valence-electron chi connectivity index (χ3n) is 7.36. The lowest BCUT2D eigenvalue weighted by Gasteiger charge is -2.50. The Balaban J connectivity index is 2.01. The molecule has 1 aromatic heterocycles. The van der Waals surface area contributed by atoms with Gasteiger partial charge in [-0.15, -0.1) is 0 Å². The number of benzene rings is 1. The molecule has 3 unspecified atom stereocenters. The normalized spacial score (nSPS) is 30.4. The van der Waals surface area contributed by atoms with Gasteiger partial charge in [-0.25, -0.2) is 0 Å². The van der Waals surface area contributed by atoms with E-state index in [1.165, 1.54) is 48.8 Å². The second-order valence-corrected chi connectivity index (χ2v) is 9.34. The molecule has 142 valence electrons. The van der Waals surface area contributed by atoms with Crippen molar-refractivity contribution in [1.82, 2.24) is 0 Å². The molecule has 1 fully saturated rings. The molecule has 1 aromatic carbocycles. The molecular formula is C23H32O3. The Labute approximate surface area is 157 Å². The monoisotopic (exact) mass is 356 g/mol. The average Bonchev–Trinajstić information content (AvgIpc) is 2.93. The van der Waals surface area contributed by atoms with Crippen molar-refractivity contribution >= 4 is 11.0 Å². The van der Waals surface area contributed by atoms with Crippen molar-refractivity contribution in [3.63, 3.8) is 0 Å². The molecule has 2 aromatic rings. The zero-order chi connectivity index (χ0) is 18.7. The van der Waals surface area contributed by atoms with E-state index in [2.05, 4.69) is 33.8 Å². The van der Waals surface area contributed by atoms with Crippen LogP contribution in [0, 0.1) is 11.3 Å². The van der Waals surface area contributed by atoms with Crippen LogP contribution in [0.5, 0.6) is 11.5 Å². The number of hydrogen-bond acceptors (Lipinski definition) is 3. The molecule has 2 aliphatic rings. The van der Waals surface area contributed by atoms with Crippen LogP contribution in [0.1, 0.15) is 77.0 Å². The van der Waals surface area contributed by atoms with Crippen LogP contribution < -0.4 is 9.47 Å². The Morgan fingerprint density at radius 3 is 2.38 bits per heavy atom. The fraction of sp³-hybridized carbons (Fsp3) is 0.652. The van der Waals surface area contributed by atoms with E-state index in [9.17, 15) is 0 Å². The average molecular weight is 357 g/mol. The van der Waals surface area contributed by atoms with Gasteiger partial charge in [-0.2, -0.15) is 0 Å². The first-order valence-corrected chi connectivity index (χ1v) is 10.0. The maximum atomic E-state index is 6.47. The number of ether oxygens (including phenoxy) is 2. The highest BCUT2D eigenvalue weighted by Gasteiger charge is 2.51. The lowest BCUT2D eigenvalue weighted by molar-refractivity contribution is 0.0504. The molecule has 0 amide bonds. The van der Waals surface area contributed by atoms with Crippen LogP contribution in [0.3, 0.4) is 0 Å². The topological polar surface area (TPSA) is 31.6 Å². The number of methoxy groups -OCH3 is 2. The van der Waals surface area contributed by atoms with Crippen LogP contribution in [-0.2, 0) is 5.41 Å². The van der Waals surface area contributed by atoms with Crippen LogP contribution in [0.4, 0.5) is 0 Å². The number of rotatable bonds is 2. The number of furan rings is 1. The van der Waals surface area contributed by atoms with Gasteiger partial charge in [-0.3, -0.25) is 0 Å². The summed E-state index contributed by atoms with van der Waals surface area (Å²) >= 11 is 0. The van der Waals surface area contributed by atoms with Gasteiger partial charge in [0.1, 0.15) is 11.3 Å². The van der Waals surface area contributed by atoms with Crippen LogP contribution >= 0.6 is 0 Å². The summed E-state index contributed by atoms with van der Waals surface area (Å²) in [7, 11) is 3.39. The summed E-state index contributed by atoms with van der Waals surface area (Å²) in [6.45, 7) is 9.75. The molecule has 0 bridgehead atoms. The molecule has 3 heteroatoms. The van der Waals surface area contributed by atoms with E-state index in [-0.39, 0.29) is 5.41 Å². The highest BCUT2D eigenvalue weighted by atomic mass is 16.5. The standard InChI is InChI=1S/C23H32O3/c1-14-8-9-19-22(2,3)10-7-11-23(19,4)20-15-12-17(24-5)18(25-6)13-16(15)26-21(14)20/h12-14,19H,7-11H2,1-6H3. The van der Waals surface area contributed by atoms with E-state index in [4.69, 9.17) is 13.9 Å². The SMILES string of the molecule is COc1cc2oc3c(c2cc1OC)C1(C)CCCC(C)(C)C1CCC3C. The van der Waals surface area contributed by atoms with E-state index in [1.807, 2.05) is 6.07 Å². The van der Waals surface area contributed by atoms with Gasteiger partial charge in [0.15, 0.2) is 11.5 Å². The van der Waals surface area contributed by atoms with Gasteiger partial charge < -0.3 is 13.9 Å². The van der Waals surface area contributed by atoms with Gasteiger partial charge in [-0.1, -0.05) is 34.1 Å². The molecule has 4 rings (SSSR count). The molecule has 1 heterocycles. The maximum Gasteiger partial charge on any atom is 0.164 e. The Kier molecular flexibility index (Phi) is 4.05. The lowest BCUT2D eigenvalue weighted by atomic mass is 9.53. The van der Waals surface area contributed by atoms with E-state index in [0.717, 1.165) is 17.1 Å². The highest BCUT2D eigenvalue weighted by Crippen LogP contribution is 2.59. The molecular weight excluding hydrogens is 324 g/mol. The van der Waals surface area contributed by atoms with Gasteiger partial charge in [0.25, 0.3) is 0 Å². The highest BCUT2D eigenvalue weighted by molar-refractivity contribution is 5.87. The minimum Gasteiger partial charge on any atom is -0.493 e. The summed E-state index contributed by atoms with van der Waals surface area (Å²) in [5, 5.41) is 1.22. The number of fused-ring (bicyclic) bond motifs is 5. The van der Waals surface area contributed by atoms with Crippen molar-refractivity contribution in [1.29, 1.82) is 0 Å². The molecule has 0 radical (unpaired) electrons. The fourth-order valence-corrected chi connectivity index (χ4v) is 6.06. The Morgan fingerprint density at radius 1 is 1.00 bits per heavy atom. The molecule has 3 atom stereocenters. The summed E-state index contributed by atoms with van der Waals surface area (Å²) in [6, 6.07) is 4.14. The van der Waals surface area contributed by atoms with Gasteiger partial charge in [-0.05, 0) is 48.5 Å². The Morgan fingerprint density at radius 2 is 1.69 bits per heavy atom. The Bertz CT molecular complexity index is 832. The van der Waals surface area contributed by atoms with E-state index in [0.29, 0.717) is 17.3 Å². The molecule has 0 saturated heterocycles. The fourth-order valence-electron chi connectivity index (χ4n) is 6.06. The van der Waals surface area contributed by atoms with Gasteiger partial charge in [0, 0.05) is 22.9 Å². The van der Waals surface area contributed by atoms with Crippen molar-refractivity contribution in [2.75, 3.05) is 14.2 Å². The summed E-state index contributed by atoms with van der Waals surface area (Å²) < 4.78 is 17.6. The van der Waals surface area contributed by atoms with Crippen molar-refractivity contribution in [2.45, 2.75) is 71.1 Å². The maximum absolute atomic E-state index is 6.47. The van der Waals surface area contributed by atoms with Crippen molar-refractivity contribution in [2.24, 2.45) is 11.3 Å². The molecule has 0 aliphatic heterocycles. The zero-order valence-corrected chi connectivity index (χ0v) is 17.1. The van der Waals surface area contributed by atoms with E-state index < -0.39 is 0 Å². The van der Waals surface area contributed by atoms with E-state index >= 15 is 0 Å². The first-order valence-electron chi connectivity index (χ1n) is 10.0. The predicted octanol–water partition coefficient (Wildman–Crippen LogP) is 6.43. The zero-order valence-electron chi connectivity index (χ0n) is 17.1. The summed E-state index contributed by atoms with van der Waals surface area (Å²) in [5.41, 5.74) is 2.90. The van der Waals surface area contributed by atoms with Gasteiger partial charge in [0.2, 0.25) is 0 Å². The molecule has 2 aliphatic carbocycles. The lowest BCUT2D eigenvalue weighted by Crippen LogP contribution is -2.44. The third-order valence-corrected chi connectivity index (χ3v) is 7.36. The molecule has 1 saturated carbocycles. The van der Waals surface area contributed by atoms with Crippen molar-refractivity contribution in [3.8, 4) is 11.5 Å². The molecule has 26 heavy (non-hydrogen) atoms. The van der Waals surface area contributed by atoms with Crippen molar-refractivity contribution < 1.29 is 13.9 Å². The first-order chi connectivity index (χ1) is 12.3. The first kappa shape index (κ1) is 17.8.